The molecule has 2 N–H and O–H groups in total. The number of nitrogen functional groups attached to an aromatic ring is 1. The normalized spacial score (nSPS) is 10.7. The summed E-state index contributed by atoms with van der Waals surface area (Å²) in [6, 6.07) is 13.1. The smallest absolute Gasteiger partial charge is 0.205 e. The first-order chi connectivity index (χ1) is 9.60. The van der Waals surface area contributed by atoms with Crippen molar-refractivity contribution in [1.29, 1.82) is 5.26 Å². The number of halogens is 2. The standard InChI is InChI=1S/C14H8ClIN4/c15-10-6-9(16)2-4-12(10)20-13-5-8(7-17)1-3-11(13)19-14(20)18/h1-6H,(H2,18,19). The van der Waals surface area contributed by atoms with E-state index in [1.54, 1.807) is 22.8 Å². The number of aromatic nitrogens is 2. The minimum absolute atomic E-state index is 0.346. The number of imidazole rings is 1. The molecular formula is C14H8ClIN4. The third-order valence-corrected chi connectivity index (χ3v) is 3.93. The lowest BCUT2D eigenvalue weighted by molar-refractivity contribution is 1.11. The molecule has 1 aromatic heterocycles. The molecule has 0 atom stereocenters. The highest BCUT2D eigenvalue weighted by atomic mass is 127. The monoisotopic (exact) mass is 394 g/mol. The van der Waals surface area contributed by atoms with Gasteiger partial charge in [-0.25, -0.2) is 4.98 Å². The molecule has 0 saturated heterocycles. The van der Waals surface area contributed by atoms with Gasteiger partial charge in [0.25, 0.3) is 0 Å². The van der Waals surface area contributed by atoms with Gasteiger partial charge in [-0.1, -0.05) is 11.6 Å². The molecular weight excluding hydrogens is 387 g/mol. The molecule has 0 unspecified atom stereocenters. The van der Waals surface area contributed by atoms with E-state index in [0.717, 1.165) is 20.3 Å². The highest BCUT2D eigenvalue weighted by molar-refractivity contribution is 14.1. The van der Waals surface area contributed by atoms with Crippen molar-refractivity contribution in [2.45, 2.75) is 0 Å². The Labute approximate surface area is 133 Å². The lowest BCUT2D eigenvalue weighted by Gasteiger charge is -2.09. The van der Waals surface area contributed by atoms with Gasteiger partial charge >= 0.3 is 0 Å². The number of nitrogens with zero attached hydrogens (tertiary/aromatic N) is 3. The van der Waals surface area contributed by atoms with Crippen LogP contribution >= 0.6 is 34.2 Å². The van der Waals surface area contributed by atoms with Crippen molar-refractivity contribution >= 4 is 51.2 Å². The lowest BCUT2D eigenvalue weighted by Crippen LogP contribution is -2.01. The van der Waals surface area contributed by atoms with Crippen LogP contribution in [0.5, 0.6) is 0 Å². The van der Waals surface area contributed by atoms with E-state index in [1.165, 1.54) is 0 Å². The summed E-state index contributed by atoms with van der Waals surface area (Å²) < 4.78 is 2.80. The Hall–Kier alpha value is -1.78. The Morgan fingerprint density at radius 1 is 1.25 bits per heavy atom. The molecule has 0 fully saturated rings. The molecule has 0 amide bonds. The fraction of sp³-hybridized carbons (Fsp3) is 0. The average Bonchev–Trinajstić information content (AvgIpc) is 2.74. The molecule has 1 heterocycles. The molecule has 4 nitrogen and oxygen atoms in total. The summed E-state index contributed by atoms with van der Waals surface area (Å²) in [4.78, 5) is 4.30. The highest BCUT2D eigenvalue weighted by Crippen LogP contribution is 2.29. The first-order valence-corrected chi connectivity index (χ1v) is 7.19. The second-order valence-electron chi connectivity index (χ2n) is 4.22. The van der Waals surface area contributed by atoms with Gasteiger partial charge in [-0.15, -0.1) is 0 Å². The van der Waals surface area contributed by atoms with Crippen molar-refractivity contribution < 1.29 is 0 Å². The second-order valence-corrected chi connectivity index (χ2v) is 5.87. The number of hydrogen-bond donors (Lipinski definition) is 1. The molecule has 0 saturated carbocycles. The first kappa shape index (κ1) is 13.2. The van der Waals surface area contributed by atoms with Gasteiger partial charge in [0, 0.05) is 3.57 Å². The van der Waals surface area contributed by atoms with Gasteiger partial charge in [0.05, 0.1) is 33.4 Å². The fourth-order valence-corrected chi connectivity index (χ4v) is 3.02. The van der Waals surface area contributed by atoms with Crippen LogP contribution in [-0.4, -0.2) is 9.55 Å². The molecule has 20 heavy (non-hydrogen) atoms. The largest absolute Gasteiger partial charge is 0.369 e. The van der Waals surface area contributed by atoms with Crippen LogP contribution in [0.25, 0.3) is 16.7 Å². The van der Waals surface area contributed by atoms with Gasteiger partial charge in [0.1, 0.15) is 0 Å². The molecule has 0 aliphatic carbocycles. The molecule has 0 radical (unpaired) electrons. The molecule has 3 aromatic rings. The number of nitriles is 1. The summed E-state index contributed by atoms with van der Waals surface area (Å²) in [6.45, 7) is 0. The Kier molecular flexibility index (Phi) is 3.28. The maximum Gasteiger partial charge on any atom is 0.205 e. The molecule has 2 aromatic carbocycles. The minimum atomic E-state index is 0.346. The van der Waals surface area contributed by atoms with Crippen molar-refractivity contribution in [1.82, 2.24) is 9.55 Å². The summed E-state index contributed by atoms with van der Waals surface area (Å²) in [5.74, 6) is 0.346. The zero-order valence-electron chi connectivity index (χ0n) is 10.1. The molecule has 0 spiro atoms. The van der Waals surface area contributed by atoms with E-state index in [1.807, 2.05) is 18.2 Å². The Morgan fingerprint density at radius 2 is 2.05 bits per heavy atom. The first-order valence-electron chi connectivity index (χ1n) is 5.73. The second kappa shape index (κ2) is 4.96. The van der Waals surface area contributed by atoms with E-state index in [4.69, 9.17) is 22.6 Å². The number of hydrogen-bond acceptors (Lipinski definition) is 3. The fourth-order valence-electron chi connectivity index (χ4n) is 2.08. The van der Waals surface area contributed by atoms with E-state index in [-0.39, 0.29) is 0 Å². The van der Waals surface area contributed by atoms with Crippen molar-refractivity contribution in [2.24, 2.45) is 0 Å². The van der Waals surface area contributed by atoms with Gasteiger partial charge in [0.15, 0.2) is 0 Å². The van der Waals surface area contributed by atoms with Crippen molar-refractivity contribution in [3.63, 3.8) is 0 Å². The predicted molar refractivity (Wildman–Crippen MR) is 87.9 cm³/mol. The van der Waals surface area contributed by atoms with Crippen LogP contribution < -0.4 is 5.73 Å². The lowest BCUT2D eigenvalue weighted by atomic mass is 10.2. The number of fused-ring (bicyclic) bond motifs is 1. The molecule has 0 bridgehead atoms. The predicted octanol–water partition coefficient (Wildman–Crippen LogP) is 3.74. The van der Waals surface area contributed by atoms with E-state index in [0.29, 0.717) is 16.5 Å². The number of nitrogens with two attached hydrogens (primary N) is 1. The maximum absolute atomic E-state index is 9.02. The third-order valence-electron chi connectivity index (χ3n) is 2.96. The SMILES string of the molecule is N#Cc1ccc2nc(N)n(-c3ccc(I)cc3Cl)c2c1. The quantitative estimate of drug-likeness (QED) is 0.639. The van der Waals surface area contributed by atoms with E-state index in [9.17, 15) is 0 Å². The van der Waals surface area contributed by atoms with Crippen molar-refractivity contribution in [3.8, 4) is 11.8 Å². The highest BCUT2D eigenvalue weighted by Gasteiger charge is 2.13. The van der Waals surface area contributed by atoms with E-state index < -0.39 is 0 Å². The summed E-state index contributed by atoms with van der Waals surface area (Å²) >= 11 is 8.49. The van der Waals surface area contributed by atoms with E-state index >= 15 is 0 Å². The Bertz CT molecular complexity index is 863. The Morgan fingerprint density at radius 3 is 2.75 bits per heavy atom. The van der Waals surface area contributed by atoms with Gasteiger partial charge in [-0.2, -0.15) is 5.26 Å². The summed E-state index contributed by atoms with van der Waals surface area (Å²) in [5, 5.41) is 9.61. The van der Waals surface area contributed by atoms with Crippen LogP contribution in [0, 0.1) is 14.9 Å². The number of anilines is 1. The topological polar surface area (TPSA) is 67.6 Å². The van der Waals surface area contributed by atoms with Crippen molar-refractivity contribution in [2.75, 3.05) is 5.73 Å². The zero-order valence-corrected chi connectivity index (χ0v) is 13.1. The van der Waals surface area contributed by atoms with Crippen LogP contribution in [0.1, 0.15) is 5.56 Å². The minimum Gasteiger partial charge on any atom is -0.369 e. The van der Waals surface area contributed by atoms with Gasteiger partial charge in [-0.3, -0.25) is 4.57 Å². The summed E-state index contributed by atoms with van der Waals surface area (Å²) in [5.41, 5.74) is 8.80. The van der Waals surface area contributed by atoms with Crippen LogP contribution in [0.2, 0.25) is 5.02 Å². The maximum atomic E-state index is 9.02. The molecule has 0 aliphatic heterocycles. The average molecular weight is 395 g/mol. The zero-order chi connectivity index (χ0) is 14.3. The van der Waals surface area contributed by atoms with Crippen LogP contribution in [0.4, 0.5) is 5.95 Å². The van der Waals surface area contributed by atoms with Crippen LogP contribution in [0.15, 0.2) is 36.4 Å². The molecule has 98 valence electrons. The van der Waals surface area contributed by atoms with E-state index in [2.05, 4.69) is 33.6 Å². The third kappa shape index (κ3) is 2.11. The molecule has 6 heteroatoms. The van der Waals surface area contributed by atoms with Crippen LogP contribution in [-0.2, 0) is 0 Å². The number of rotatable bonds is 1. The Balaban J connectivity index is 2.35. The van der Waals surface area contributed by atoms with Gasteiger partial charge in [-0.05, 0) is 59.0 Å². The molecule has 3 rings (SSSR count). The van der Waals surface area contributed by atoms with Crippen LogP contribution in [0.3, 0.4) is 0 Å². The van der Waals surface area contributed by atoms with Crippen molar-refractivity contribution in [3.05, 3.63) is 50.6 Å². The summed E-state index contributed by atoms with van der Waals surface area (Å²) in [7, 11) is 0. The molecule has 0 aliphatic rings. The summed E-state index contributed by atoms with van der Waals surface area (Å²) in [6.07, 6.45) is 0. The number of benzene rings is 2. The van der Waals surface area contributed by atoms with Gasteiger partial charge < -0.3 is 5.73 Å². The van der Waals surface area contributed by atoms with Gasteiger partial charge in [0.2, 0.25) is 5.95 Å².